The minimum absolute atomic E-state index is 0.0939. The number of piperidine rings is 1. The number of likely N-dealkylation sites (tertiary alicyclic amines) is 1. The summed E-state index contributed by atoms with van der Waals surface area (Å²) < 4.78 is 32.3. The number of carbonyl (C=O) groups is 1. The molecule has 1 amide bonds. The first-order valence-corrected chi connectivity index (χ1v) is 12.4. The van der Waals surface area contributed by atoms with Crippen molar-refractivity contribution in [2.75, 3.05) is 19.4 Å². The summed E-state index contributed by atoms with van der Waals surface area (Å²) in [5.74, 6) is -3.80. The first-order chi connectivity index (χ1) is 14.1. The van der Waals surface area contributed by atoms with E-state index in [2.05, 4.69) is 4.72 Å². The maximum atomic E-state index is 12.2. The van der Waals surface area contributed by atoms with Gasteiger partial charge in [-0.15, -0.1) is 0 Å². The standard InChI is InChI=1S/C18H28B6N2O4S/c1-9(2)17(23)13(19)15(21)18(24,16(22)14(17)20)30-8-12-11(25-31(4,28)29)6-5-7-26(12)10(3)27/h9,11-16,25H,5-8H2,1-4H3/t11-,12-,13?,14?,15?,16?,17?,18?/m0/s1. The molecule has 1 aliphatic heterocycles. The molecular formula is C18H28B6N2O4S. The van der Waals surface area contributed by atoms with Gasteiger partial charge in [0.25, 0.3) is 0 Å². The van der Waals surface area contributed by atoms with Crippen LogP contribution in [0.1, 0.15) is 33.6 Å². The van der Waals surface area contributed by atoms with Crippen LogP contribution in [0.25, 0.3) is 0 Å². The fraction of sp³-hybridized carbons (Fsp3) is 0.944. The quantitative estimate of drug-likeness (QED) is 0.580. The summed E-state index contributed by atoms with van der Waals surface area (Å²) in [5, 5.41) is -1.05. The summed E-state index contributed by atoms with van der Waals surface area (Å²) in [6.45, 7) is 5.57. The highest BCUT2D eigenvalue weighted by molar-refractivity contribution is 7.88. The molecule has 2 rings (SSSR count). The molecular weight excluding hydrogens is 405 g/mol. The molecule has 1 saturated carbocycles. The zero-order chi connectivity index (χ0) is 23.9. The van der Waals surface area contributed by atoms with E-state index in [-0.39, 0.29) is 18.4 Å². The van der Waals surface area contributed by atoms with E-state index in [1.54, 1.807) is 4.90 Å². The maximum Gasteiger partial charge on any atom is 0.219 e. The Bertz CT molecular complexity index is 754. The van der Waals surface area contributed by atoms with Gasteiger partial charge in [0.05, 0.1) is 58.1 Å². The van der Waals surface area contributed by atoms with E-state index in [0.29, 0.717) is 19.4 Å². The predicted octanol–water partition coefficient (Wildman–Crippen LogP) is -0.379. The lowest BCUT2D eigenvalue weighted by atomic mass is 9.25. The zero-order valence-corrected chi connectivity index (χ0v) is 19.6. The van der Waals surface area contributed by atoms with Crippen molar-refractivity contribution in [2.45, 2.75) is 79.8 Å². The second kappa shape index (κ2) is 9.54. The van der Waals surface area contributed by atoms with E-state index in [1.807, 2.05) is 13.8 Å². The van der Waals surface area contributed by atoms with Gasteiger partial charge in [0.15, 0.2) is 0 Å². The molecule has 0 aromatic carbocycles. The number of amides is 1. The Balaban J connectivity index is 2.31. The third-order valence-corrected chi connectivity index (χ3v) is 7.75. The smallest absolute Gasteiger partial charge is 0.219 e. The molecule has 158 valence electrons. The molecule has 2 fully saturated rings. The van der Waals surface area contributed by atoms with Gasteiger partial charge in [-0.05, 0) is 12.8 Å². The first kappa shape index (κ1) is 27.0. The Morgan fingerprint density at radius 3 is 2.06 bits per heavy atom. The van der Waals surface area contributed by atoms with Crippen LogP contribution < -0.4 is 4.72 Å². The SMILES string of the molecule is [B]C1C([B])C([B])(C(C)C)C([B])C([B])C1([B])OC[C@H]1[C@@H](NS(C)(=O)=O)CCCN1C(C)=O. The van der Waals surface area contributed by atoms with Crippen LogP contribution in [0.3, 0.4) is 0 Å². The van der Waals surface area contributed by atoms with Gasteiger partial charge < -0.3 is 9.64 Å². The highest BCUT2D eigenvalue weighted by Crippen LogP contribution is 2.67. The van der Waals surface area contributed by atoms with Crippen molar-refractivity contribution in [2.24, 2.45) is 5.92 Å². The maximum absolute atomic E-state index is 12.2. The van der Waals surface area contributed by atoms with Crippen LogP contribution >= 0.6 is 0 Å². The van der Waals surface area contributed by atoms with Crippen LogP contribution in [0, 0.1) is 5.92 Å². The van der Waals surface area contributed by atoms with Crippen molar-refractivity contribution >= 4 is 63.0 Å². The fourth-order valence-corrected chi connectivity index (χ4v) is 5.71. The molecule has 0 aromatic heterocycles. The molecule has 1 saturated heterocycles. The van der Waals surface area contributed by atoms with Crippen LogP contribution in [-0.2, 0) is 19.6 Å². The molecule has 2 aliphatic rings. The van der Waals surface area contributed by atoms with E-state index < -0.39 is 56.2 Å². The largest absolute Gasteiger partial charge is 0.384 e. The highest BCUT2D eigenvalue weighted by atomic mass is 32.2. The van der Waals surface area contributed by atoms with Gasteiger partial charge in [0.1, 0.15) is 7.85 Å². The van der Waals surface area contributed by atoms with Crippen LogP contribution in [0.2, 0.25) is 28.6 Å². The third-order valence-electron chi connectivity index (χ3n) is 7.02. The lowest BCUT2D eigenvalue weighted by Crippen LogP contribution is -2.61. The molecule has 0 spiro atoms. The number of hydrogen-bond acceptors (Lipinski definition) is 4. The van der Waals surface area contributed by atoms with Crippen molar-refractivity contribution in [3.05, 3.63) is 0 Å². The van der Waals surface area contributed by atoms with E-state index >= 15 is 0 Å². The number of ether oxygens (including phenoxy) is 1. The zero-order valence-electron chi connectivity index (χ0n) is 18.8. The minimum atomic E-state index is -3.51. The summed E-state index contributed by atoms with van der Waals surface area (Å²) in [6, 6.07) is -1.14. The molecule has 6 atom stereocenters. The van der Waals surface area contributed by atoms with E-state index in [1.165, 1.54) is 6.92 Å². The summed E-state index contributed by atoms with van der Waals surface area (Å²) in [6.07, 6.45) is 2.26. The van der Waals surface area contributed by atoms with Gasteiger partial charge in [-0.3, -0.25) is 4.79 Å². The Morgan fingerprint density at radius 1 is 1.13 bits per heavy atom. The number of carbonyl (C=O) groups excluding carboxylic acids is 1. The predicted molar refractivity (Wildman–Crippen MR) is 128 cm³/mol. The highest BCUT2D eigenvalue weighted by Gasteiger charge is 2.55. The fourth-order valence-electron chi connectivity index (χ4n) is 4.89. The Hall–Kier alpha value is -0.270. The van der Waals surface area contributed by atoms with Gasteiger partial charge in [-0.1, -0.05) is 48.3 Å². The van der Waals surface area contributed by atoms with E-state index in [0.717, 1.165) is 6.26 Å². The molecule has 1 aliphatic carbocycles. The van der Waals surface area contributed by atoms with E-state index in [4.69, 9.17) is 51.8 Å². The summed E-state index contributed by atoms with van der Waals surface area (Å²) in [4.78, 5) is 13.8. The molecule has 4 unspecified atom stereocenters. The summed E-state index contributed by atoms with van der Waals surface area (Å²) >= 11 is 0. The van der Waals surface area contributed by atoms with Crippen LogP contribution in [0.15, 0.2) is 0 Å². The monoisotopic (exact) mass is 434 g/mol. The Labute approximate surface area is 195 Å². The van der Waals surface area contributed by atoms with Crippen molar-refractivity contribution in [3.63, 3.8) is 0 Å². The molecule has 1 heterocycles. The van der Waals surface area contributed by atoms with Crippen molar-refractivity contribution in [3.8, 4) is 0 Å². The number of sulfonamides is 1. The summed E-state index contributed by atoms with van der Waals surface area (Å²) in [5.41, 5.74) is -1.62. The first-order valence-electron chi connectivity index (χ1n) is 10.6. The van der Waals surface area contributed by atoms with Gasteiger partial charge in [0, 0.05) is 25.0 Å². The van der Waals surface area contributed by atoms with Crippen molar-refractivity contribution in [1.29, 1.82) is 0 Å². The second-order valence-electron chi connectivity index (χ2n) is 9.34. The number of rotatable bonds is 6. The normalized spacial score (nSPS) is 41.9. The molecule has 6 nitrogen and oxygen atoms in total. The Morgan fingerprint density at radius 2 is 1.65 bits per heavy atom. The third kappa shape index (κ3) is 5.13. The lowest BCUT2D eigenvalue weighted by molar-refractivity contribution is -0.137. The van der Waals surface area contributed by atoms with E-state index in [9.17, 15) is 13.2 Å². The van der Waals surface area contributed by atoms with Crippen LogP contribution in [-0.4, -0.2) is 103 Å². The number of hydrogen-bond donors (Lipinski definition) is 1. The second-order valence-corrected chi connectivity index (χ2v) is 11.1. The molecule has 0 bridgehead atoms. The molecule has 13 heteroatoms. The number of nitrogens with one attached hydrogen (secondary N) is 1. The van der Waals surface area contributed by atoms with Crippen LogP contribution in [0.4, 0.5) is 0 Å². The van der Waals surface area contributed by atoms with Gasteiger partial charge in [-0.25, -0.2) is 13.1 Å². The van der Waals surface area contributed by atoms with Gasteiger partial charge in [-0.2, -0.15) is 0 Å². The molecule has 12 radical (unpaired) electrons. The van der Waals surface area contributed by atoms with Crippen LogP contribution in [0.5, 0.6) is 0 Å². The van der Waals surface area contributed by atoms with Gasteiger partial charge >= 0.3 is 0 Å². The Kier molecular flexibility index (Phi) is 8.30. The lowest BCUT2D eigenvalue weighted by Gasteiger charge is -2.63. The minimum Gasteiger partial charge on any atom is -0.384 e. The van der Waals surface area contributed by atoms with Gasteiger partial charge in [0.2, 0.25) is 15.9 Å². The van der Waals surface area contributed by atoms with Crippen molar-refractivity contribution in [1.82, 2.24) is 9.62 Å². The summed E-state index contributed by atoms with van der Waals surface area (Å²) in [7, 11) is 35.1. The molecule has 31 heavy (non-hydrogen) atoms. The average molecular weight is 433 g/mol. The topological polar surface area (TPSA) is 75.7 Å². The average Bonchev–Trinajstić information content (AvgIpc) is 2.67. The number of nitrogens with zero attached hydrogens (tertiary/aromatic N) is 1. The molecule has 0 aromatic rings. The molecule has 1 N–H and O–H groups in total. The van der Waals surface area contributed by atoms with Crippen molar-refractivity contribution < 1.29 is 17.9 Å².